The molecule has 0 aromatic heterocycles. The normalized spacial score (nSPS) is 9.75. The highest BCUT2D eigenvalue weighted by atomic mass is 79.9. The fourth-order valence-corrected chi connectivity index (χ4v) is 4.93. The van der Waals surface area contributed by atoms with Crippen molar-refractivity contribution in [3.05, 3.63) is 174 Å². The van der Waals surface area contributed by atoms with E-state index in [1.54, 1.807) is 72.8 Å². The third-order valence-corrected chi connectivity index (χ3v) is 8.75. The average molecular weight is 974 g/mol. The molecule has 10 N–H and O–H groups in total. The Morgan fingerprint density at radius 1 is 0.339 bits per heavy atom. The number of nitrogens with one attached hydrogen (secondary N) is 6. The van der Waals surface area contributed by atoms with Gasteiger partial charge in [-0.25, -0.2) is 11.7 Å². The smallest absolute Gasteiger partial charge is 0.269 e. The first-order valence-electron chi connectivity index (χ1n) is 15.6. The van der Waals surface area contributed by atoms with E-state index in [-0.39, 0.29) is 11.1 Å². The van der Waals surface area contributed by atoms with Crippen molar-refractivity contribution in [2.24, 2.45) is 11.7 Å². The highest BCUT2D eigenvalue weighted by molar-refractivity contribution is 9.11. The molecule has 0 aliphatic heterocycles. The Morgan fingerprint density at radius 3 is 0.714 bits per heavy atom. The van der Waals surface area contributed by atoms with Crippen LogP contribution in [-0.4, -0.2) is 40.7 Å². The van der Waals surface area contributed by atoms with Gasteiger partial charge in [0, 0.05) is 52.4 Å². The van der Waals surface area contributed by atoms with Crippen molar-refractivity contribution in [3.63, 3.8) is 0 Å². The molecule has 0 aliphatic carbocycles. The molecule has 0 radical (unpaired) electrons. The van der Waals surface area contributed by atoms with Gasteiger partial charge in [-0.2, -0.15) is 0 Å². The van der Waals surface area contributed by atoms with Crippen molar-refractivity contribution in [2.45, 2.75) is 0 Å². The van der Waals surface area contributed by atoms with Crippen molar-refractivity contribution in [2.75, 3.05) is 0 Å². The molecule has 0 saturated carbocycles. The summed E-state index contributed by atoms with van der Waals surface area (Å²) in [5.41, 5.74) is 15.7. The van der Waals surface area contributed by atoms with Crippen LogP contribution in [-0.2, 0) is 0 Å². The summed E-state index contributed by atoms with van der Waals surface area (Å²) in [4.78, 5) is 81.0. The van der Waals surface area contributed by atoms with Gasteiger partial charge in [0.25, 0.3) is 40.7 Å². The summed E-state index contributed by atoms with van der Waals surface area (Å²) in [7, 11) is 0. The molecule has 56 heavy (non-hydrogen) atoms. The van der Waals surface area contributed by atoms with Gasteiger partial charge in [-0.1, -0.05) is 47.8 Å². The minimum Gasteiger partial charge on any atom is -0.290 e. The molecular weight excluding hydrogens is 944 g/mol. The minimum atomic E-state index is -0.550. The summed E-state index contributed by atoms with van der Waals surface area (Å²) in [5.74, 6) is 7.00. The number of benzene rings is 5. The molecule has 6 amide bonds. The van der Waals surface area contributed by atoms with Gasteiger partial charge in [0.15, 0.2) is 0 Å². The summed E-state index contributed by atoms with van der Waals surface area (Å²) in [6, 6.07) is 31.8. The Balaban J connectivity index is 0.000000285. The van der Waals surface area contributed by atoms with Crippen LogP contribution in [0.5, 0.6) is 0 Å². The van der Waals surface area contributed by atoms with Gasteiger partial charge in [-0.3, -0.25) is 66.1 Å². The molecule has 288 valence electrons. The lowest BCUT2D eigenvalue weighted by molar-refractivity contribution is 0.0844. The Morgan fingerprint density at radius 2 is 0.518 bits per heavy atom. The van der Waals surface area contributed by atoms with Gasteiger partial charge in [0.1, 0.15) is 0 Å². The number of amides is 6. The van der Waals surface area contributed by atoms with E-state index < -0.39 is 40.7 Å². The summed E-state index contributed by atoms with van der Waals surface area (Å²) >= 11 is 15.0. The number of halogens is 4. The number of hydrogen-bond donors (Lipinski definition) is 8. The molecule has 19 heteroatoms. The second-order valence-corrected chi connectivity index (χ2v) is 13.8. The maximum Gasteiger partial charge on any atom is 0.269 e. The van der Waals surface area contributed by atoms with E-state index >= 15 is 0 Å². The molecule has 0 fully saturated rings. The van der Waals surface area contributed by atoms with Crippen molar-refractivity contribution in [3.8, 4) is 0 Å². The quantitative estimate of drug-likeness (QED) is 0.0469. The maximum absolute atomic E-state index is 12.2. The molecule has 0 bridgehead atoms. The lowest BCUT2D eigenvalue weighted by Crippen LogP contribution is -2.42. The molecule has 15 nitrogen and oxygen atoms in total. The van der Waals surface area contributed by atoms with Crippen LogP contribution >= 0.6 is 59.4 Å². The SMILES string of the molecule is NNC(=O)c1ccc(C(=O)NN)cc1.O=C(Cl)c1ccc(Br)cc1.O=C(NNC(=O)c1ccc(C(=O)NNC(=O)c2ccc(Br)cc2)cc1)c1ccc(Br)cc1. The van der Waals surface area contributed by atoms with Crippen LogP contribution in [0.2, 0.25) is 0 Å². The molecule has 5 aromatic rings. The second-order valence-electron chi connectivity index (χ2n) is 10.7. The zero-order valence-electron chi connectivity index (χ0n) is 28.6. The van der Waals surface area contributed by atoms with Gasteiger partial charge in [-0.05, 0) is 133 Å². The van der Waals surface area contributed by atoms with Crippen LogP contribution in [0.25, 0.3) is 0 Å². The van der Waals surface area contributed by atoms with Gasteiger partial charge >= 0.3 is 0 Å². The summed E-state index contributed by atoms with van der Waals surface area (Å²) in [5, 5.41) is -0.424. The van der Waals surface area contributed by atoms with Gasteiger partial charge in [0.2, 0.25) is 0 Å². The first-order valence-corrected chi connectivity index (χ1v) is 18.4. The number of nitrogen functional groups attached to an aromatic ring is 2. The van der Waals surface area contributed by atoms with E-state index in [9.17, 15) is 33.6 Å². The molecule has 0 unspecified atom stereocenters. The molecule has 5 aromatic carbocycles. The van der Waals surface area contributed by atoms with Gasteiger partial charge in [-0.15, -0.1) is 0 Å². The Kier molecular flexibility index (Phi) is 18.0. The van der Waals surface area contributed by atoms with Crippen LogP contribution in [0.15, 0.2) is 135 Å². The first kappa shape index (κ1) is 44.6. The number of carbonyl (C=O) groups excluding carboxylic acids is 7. The molecule has 0 saturated heterocycles. The standard InChI is InChI=1S/C22H16Br2N4O4.C8H10N4O2.C7H4BrClO/c23-17-9-5-15(6-10-17)21(31)27-25-19(29)13-1-2-14(4-3-13)20(30)26-28-22(32)16-7-11-18(24)12-8-16;9-11-7(13)5-1-2-6(4-3-5)8(14)12-10;8-6-3-1-5(2-4-6)7(9)10/h1-12H,(H,25,29)(H,26,30)(H,27,31)(H,28,32);1-4H,9-10H2,(H,11,13)(H,12,14);1-4H. The monoisotopic (exact) mass is 970 g/mol. The topological polar surface area (TPSA) is 244 Å². The average Bonchev–Trinajstić information content (AvgIpc) is 3.22. The predicted octanol–water partition coefficient (Wildman–Crippen LogP) is 5.08. The Bertz CT molecular complexity index is 2050. The van der Waals surface area contributed by atoms with Crippen molar-refractivity contribution in [1.29, 1.82) is 0 Å². The second kappa shape index (κ2) is 22.6. The maximum atomic E-state index is 12.2. The highest BCUT2D eigenvalue weighted by Crippen LogP contribution is 2.13. The van der Waals surface area contributed by atoms with E-state index in [2.05, 4.69) is 69.5 Å². The summed E-state index contributed by atoms with van der Waals surface area (Å²) < 4.78 is 2.60. The largest absolute Gasteiger partial charge is 0.290 e. The van der Waals surface area contributed by atoms with Crippen LogP contribution < -0.4 is 44.2 Å². The van der Waals surface area contributed by atoms with E-state index in [1.807, 2.05) is 10.9 Å². The third kappa shape index (κ3) is 14.5. The number of rotatable bonds is 7. The zero-order valence-corrected chi connectivity index (χ0v) is 34.1. The first-order chi connectivity index (χ1) is 26.7. The number of hydrogen-bond acceptors (Lipinski definition) is 9. The molecule has 0 heterocycles. The Hall–Kier alpha value is -5.76. The number of nitrogens with two attached hydrogens (primary N) is 2. The fraction of sp³-hybridized carbons (Fsp3) is 0. The zero-order chi connectivity index (χ0) is 41.2. The van der Waals surface area contributed by atoms with Crippen molar-refractivity contribution in [1.82, 2.24) is 32.6 Å². The number of carbonyl (C=O) groups is 7. The lowest BCUT2D eigenvalue weighted by Gasteiger charge is -2.09. The molecular formula is C37H30Br3ClN8O7. The minimum absolute atomic E-state index is 0.233. The number of hydrazine groups is 4. The van der Waals surface area contributed by atoms with E-state index in [0.29, 0.717) is 27.8 Å². The van der Waals surface area contributed by atoms with Crippen LogP contribution in [0, 0.1) is 0 Å². The summed E-state index contributed by atoms with van der Waals surface area (Å²) in [6.45, 7) is 0. The van der Waals surface area contributed by atoms with Crippen LogP contribution in [0.4, 0.5) is 0 Å². The molecule has 5 rings (SSSR count). The van der Waals surface area contributed by atoms with Gasteiger partial charge < -0.3 is 0 Å². The third-order valence-electron chi connectivity index (χ3n) is 6.94. The molecule has 0 spiro atoms. The van der Waals surface area contributed by atoms with Crippen molar-refractivity contribution < 1.29 is 33.6 Å². The van der Waals surface area contributed by atoms with Crippen molar-refractivity contribution >= 4 is 100 Å². The van der Waals surface area contributed by atoms with Crippen LogP contribution in [0.3, 0.4) is 0 Å². The van der Waals surface area contributed by atoms with E-state index in [1.165, 1.54) is 48.5 Å². The predicted molar refractivity (Wildman–Crippen MR) is 219 cm³/mol. The summed E-state index contributed by atoms with van der Waals surface area (Å²) in [6.07, 6.45) is 0. The fourth-order valence-electron chi connectivity index (χ4n) is 4.01. The lowest BCUT2D eigenvalue weighted by atomic mass is 10.1. The van der Waals surface area contributed by atoms with Gasteiger partial charge in [0.05, 0.1) is 0 Å². The highest BCUT2D eigenvalue weighted by Gasteiger charge is 2.13. The van der Waals surface area contributed by atoms with E-state index in [0.717, 1.165) is 13.4 Å². The van der Waals surface area contributed by atoms with Crippen LogP contribution in [0.1, 0.15) is 72.5 Å². The molecule has 0 atom stereocenters. The Labute approximate surface area is 349 Å². The molecule has 0 aliphatic rings. The van der Waals surface area contributed by atoms with E-state index in [4.69, 9.17) is 23.3 Å².